The number of furan rings is 1. The number of ether oxygens (including phenoxy) is 1. The van der Waals surface area contributed by atoms with Gasteiger partial charge in [0.25, 0.3) is 5.91 Å². The van der Waals surface area contributed by atoms with Crippen molar-refractivity contribution >= 4 is 39.6 Å². The van der Waals surface area contributed by atoms with Crippen LogP contribution in [-0.4, -0.2) is 24.8 Å². The molecule has 4 rings (SSSR count). The fourth-order valence-electron chi connectivity index (χ4n) is 3.42. The molecule has 4 aromatic rings. The molecular formula is C24H22N2O4. The number of hydrogen-bond donors (Lipinski definition) is 3. The van der Waals surface area contributed by atoms with E-state index in [9.17, 15) is 4.79 Å². The monoisotopic (exact) mass is 402 g/mol. The van der Waals surface area contributed by atoms with E-state index in [4.69, 9.17) is 14.4 Å². The van der Waals surface area contributed by atoms with Gasteiger partial charge in [-0.05, 0) is 36.8 Å². The van der Waals surface area contributed by atoms with Crippen LogP contribution in [0.15, 0.2) is 70.7 Å². The summed E-state index contributed by atoms with van der Waals surface area (Å²) < 4.78 is 11.6. The van der Waals surface area contributed by atoms with Gasteiger partial charge in [-0.15, -0.1) is 0 Å². The number of nitrogens with one attached hydrogen (secondary N) is 2. The topological polar surface area (TPSA) is 83.7 Å². The highest BCUT2D eigenvalue weighted by Crippen LogP contribution is 2.36. The lowest BCUT2D eigenvalue weighted by atomic mass is 10.1. The molecule has 0 fully saturated rings. The Morgan fingerprint density at radius 1 is 1.07 bits per heavy atom. The van der Waals surface area contributed by atoms with Gasteiger partial charge in [-0.3, -0.25) is 10.0 Å². The van der Waals surface area contributed by atoms with Crippen molar-refractivity contribution in [1.82, 2.24) is 5.48 Å². The highest BCUT2D eigenvalue weighted by Gasteiger charge is 2.12. The van der Waals surface area contributed by atoms with Crippen molar-refractivity contribution in [3.8, 4) is 5.75 Å². The van der Waals surface area contributed by atoms with Crippen LogP contribution in [0.5, 0.6) is 5.75 Å². The molecule has 0 spiro atoms. The zero-order valence-corrected chi connectivity index (χ0v) is 16.7. The van der Waals surface area contributed by atoms with E-state index in [1.807, 2.05) is 61.5 Å². The third-order valence-electron chi connectivity index (χ3n) is 4.94. The molecule has 152 valence electrons. The number of para-hydroxylation sites is 1. The molecule has 1 amide bonds. The minimum Gasteiger partial charge on any atom is -0.495 e. The molecule has 3 N–H and O–H groups in total. The molecule has 1 heterocycles. The summed E-state index contributed by atoms with van der Waals surface area (Å²) >= 11 is 0. The van der Waals surface area contributed by atoms with Crippen molar-refractivity contribution < 1.29 is 19.2 Å². The fourth-order valence-corrected chi connectivity index (χ4v) is 3.42. The normalized spacial score (nSPS) is 11.6. The van der Waals surface area contributed by atoms with Crippen LogP contribution in [-0.2, 0) is 0 Å². The molecule has 0 saturated heterocycles. The van der Waals surface area contributed by atoms with Crippen molar-refractivity contribution in [1.29, 1.82) is 0 Å². The number of carbonyl (C=O) groups is 1. The van der Waals surface area contributed by atoms with Crippen LogP contribution in [0.4, 0.5) is 5.69 Å². The minimum atomic E-state index is -0.531. The highest BCUT2D eigenvalue weighted by molar-refractivity contribution is 6.06. The molecule has 0 aliphatic carbocycles. The van der Waals surface area contributed by atoms with Crippen LogP contribution < -0.4 is 15.5 Å². The van der Waals surface area contributed by atoms with Crippen molar-refractivity contribution in [2.45, 2.75) is 6.92 Å². The van der Waals surface area contributed by atoms with Crippen LogP contribution >= 0.6 is 0 Å². The van der Waals surface area contributed by atoms with Gasteiger partial charge in [-0.25, -0.2) is 5.48 Å². The lowest BCUT2D eigenvalue weighted by Crippen LogP contribution is -2.18. The molecule has 0 radical (unpaired) electrons. The Morgan fingerprint density at radius 3 is 2.57 bits per heavy atom. The van der Waals surface area contributed by atoms with Gasteiger partial charge in [0.1, 0.15) is 16.9 Å². The summed E-state index contributed by atoms with van der Waals surface area (Å²) in [5.41, 5.74) is 6.59. The molecule has 0 unspecified atom stereocenters. The number of hydroxylamine groups is 1. The van der Waals surface area contributed by atoms with Gasteiger partial charge in [0.2, 0.25) is 0 Å². The highest BCUT2D eigenvalue weighted by atomic mass is 16.5. The largest absolute Gasteiger partial charge is 0.495 e. The number of amides is 1. The average molecular weight is 402 g/mol. The summed E-state index contributed by atoms with van der Waals surface area (Å²) in [6.07, 6.45) is 2.03. The lowest BCUT2D eigenvalue weighted by Gasteiger charge is -2.12. The maximum Gasteiger partial charge on any atom is 0.274 e. The van der Waals surface area contributed by atoms with Crippen LogP contribution in [0.3, 0.4) is 0 Å². The standard InChI is InChI=1S/C24H22N2O4/c1-15(11-16-7-9-17(10-8-16)24(27)26-28)14-25-20-13-22-19(12-23(20)29-2)18-5-3-4-6-21(18)30-22/h3-13,25,28H,14H2,1-2H3,(H,26,27). The zero-order valence-electron chi connectivity index (χ0n) is 16.7. The van der Waals surface area contributed by atoms with E-state index < -0.39 is 5.91 Å². The number of fused-ring (bicyclic) bond motifs is 3. The Morgan fingerprint density at radius 2 is 1.83 bits per heavy atom. The molecule has 0 aliphatic rings. The lowest BCUT2D eigenvalue weighted by molar-refractivity contribution is 0.0706. The molecule has 0 saturated carbocycles. The van der Waals surface area contributed by atoms with Crippen molar-refractivity contribution in [3.05, 3.63) is 77.4 Å². The smallest absolute Gasteiger partial charge is 0.274 e. The van der Waals surface area contributed by atoms with E-state index in [-0.39, 0.29) is 0 Å². The van der Waals surface area contributed by atoms with E-state index in [1.165, 1.54) is 0 Å². The summed E-state index contributed by atoms with van der Waals surface area (Å²) in [5.74, 6) is 0.221. The van der Waals surface area contributed by atoms with E-state index in [1.54, 1.807) is 24.7 Å². The first-order valence-corrected chi connectivity index (χ1v) is 9.54. The summed E-state index contributed by atoms with van der Waals surface area (Å²) in [6, 6.07) is 18.9. The molecule has 1 aromatic heterocycles. The molecular weight excluding hydrogens is 380 g/mol. The maximum absolute atomic E-state index is 11.4. The molecule has 0 aliphatic heterocycles. The zero-order chi connectivity index (χ0) is 21.1. The maximum atomic E-state index is 11.4. The SMILES string of the molecule is COc1cc2c(cc1NCC(C)=Cc1ccc(C(=O)NO)cc1)oc1ccccc12. The van der Waals surface area contributed by atoms with Gasteiger partial charge in [0.15, 0.2) is 0 Å². The van der Waals surface area contributed by atoms with Gasteiger partial charge < -0.3 is 14.5 Å². The number of benzene rings is 3. The third-order valence-corrected chi connectivity index (χ3v) is 4.94. The van der Waals surface area contributed by atoms with Gasteiger partial charge >= 0.3 is 0 Å². The first-order chi connectivity index (χ1) is 14.6. The number of carbonyl (C=O) groups excluding carboxylic acids is 1. The van der Waals surface area contributed by atoms with Gasteiger partial charge in [-0.1, -0.05) is 42.0 Å². The summed E-state index contributed by atoms with van der Waals surface area (Å²) in [4.78, 5) is 11.4. The van der Waals surface area contributed by atoms with E-state index in [0.29, 0.717) is 12.1 Å². The number of hydrogen-bond acceptors (Lipinski definition) is 5. The second-order valence-corrected chi connectivity index (χ2v) is 7.05. The van der Waals surface area contributed by atoms with Crippen LogP contribution in [0.2, 0.25) is 0 Å². The fraction of sp³-hybridized carbons (Fsp3) is 0.125. The van der Waals surface area contributed by atoms with E-state index in [2.05, 4.69) is 5.32 Å². The third kappa shape index (κ3) is 3.86. The second-order valence-electron chi connectivity index (χ2n) is 7.05. The first kappa shape index (κ1) is 19.5. The Labute approximate surface area is 173 Å². The summed E-state index contributed by atoms with van der Waals surface area (Å²) in [5, 5.41) is 14.2. The van der Waals surface area contributed by atoms with Crippen molar-refractivity contribution in [2.24, 2.45) is 0 Å². The Hall–Kier alpha value is -3.77. The molecule has 30 heavy (non-hydrogen) atoms. The number of methoxy groups -OCH3 is 1. The molecule has 0 atom stereocenters. The van der Waals surface area contributed by atoms with Gasteiger partial charge in [-0.2, -0.15) is 0 Å². The van der Waals surface area contributed by atoms with Crippen LogP contribution in [0.1, 0.15) is 22.8 Å². The molecule has 6 heteroatoms. The quantitative estimate of drug-likeness (QED) is 0.304. The summed E-state index contributed by atoms with van der Waals surface area (Å²) in [6.45, 7) is 2.63. The predicted molar refractivity (Wildman–Crippen MR) is 118 cm³/mol. The van der Waals surface area contributed by atoms with E-state index >= 15 is 0 Å². The Balaban J connectivity index is 1.54. The molecule has 3 aromatic carbocycles. The van der Waals surface area contributed by atoms with Crippen LogP contribution in [0.25, 0.3) is 28.0 Å². The molecule has 0 bridgehead atoms. The van der Waals surface area contributed by atoms with E-state index in [0.717, 1.165) is 44.5 Å². The summed E-state index contributed by atoms with van der Waals surface area (Å²) in [7, 11) is 1.65. The second kappa shape index (κ2) is 8.31. The van der Waals surface area contributed by atoms with Crippen molar-refractivity contribution in [2.75, 3.05) is 19.0 Å². The van der Waals surface area contributed by atoms with Crippen molar-refractivity contribution in [3.63, 3.8) is 0 Å². The van der Waals surface area contributed by atoms with Gasteiger partial charge in [0.05, 0.1) is 12.8 Å². The average Bonchev–Trinajstić information content (AvgIpc) is 3.14. The number of anilines is 1. The van der Waals surface area contributed by atoms with Crippen LogP contribution in [0, 0.1) is 0 Å². The first-order valence-electron chi connectivity index (χ1n) is 9.54. The number of rotatable bonds is 6. The Kier molecular flexibility index (Phi) is 5.41. The Bertz CT molecular complexity index is 1240. The molecule has 6 nitrogen and oxygen atoms in total. The predicted octanol–water partition coefficient (Wildman–Crippen LogP) is 5.23. The minimum absolute atomic E-state index is 0.398. The van der Waals surface area contributed by atoms with Gasteiger partial charge in [0, 0.05) is 28.9 Å².